The fourth-order valence-corrected chi connectivity index (χ4v) is 2.67. The van der Waals surface area contributed by atoms with E-state index in [1.54, 1.807) is 6.92 Å². The summed E-state index contributed by atoms with van der Waals surface area (Å²) in [6.07, 6.45) is 0.759. The van der Waals surface area contributed by atoms with Gasteiger partial charge < -0.3 is 15.2 Å². The number of amides is 1. The Morgan fingerprint density at radius 2 is 2.20 bits per heavy atom. The molecule has 0 saturated heterocycles. The van der Waals surface area contributed by atoms with E-state index < -0.39 is 11.7 Å². The first-order valence-electron chi connectivity index (χ1n) is 7.12. The van der Waals surface area contributed by atoms with Crippen LogP contribution in [0, 0.1) is 5.92 Å². The summed E-state index contributed by atoms with van der Waals surface area (Å²) < 4.78 is 5.62. The number of hydrogen-bond acceptors (Lipinski definition) is 3. The maximum Gasteiger partial charge on any atom is 0.261 e. The van der Waals surface area contributed by atoms with Gasteiger partial charge in [-0.05, 0) is 30.9 Å². The second kappa shape index (κ2) is 5.83. The van der Waals surface area contributed by atoms with Crippen molar-refractivity contribution in [2.24, 2.45) is 5.92 Å². The normalized spacial score (nSPS) is 20.1. The molecule has 2 rings (SSSR count). The monoisotopic (exact) mass is 277 g/mol. The van der Waals surface area contributed by atoms with Gasteiger partial charge in [0.15, 0.2) is 6.10 Å². The van der Waals surface area contributed by atoms with Gasteiger partial charge in [-0.2, -0.15) is 0 Å². The lowest BCUT2D eigenvalue weighted by Crippen LogP contribution is -2.46. The average molecular weight is 277 g/mol. The number of benzene rings is 1. The molecular formula is C16H23NO3. The molecule has 0 aromatic heterocycles. The summed E-state index contributed by atoms with van der Waals surface area (Å²) in [7, 11) is 0. The molecule has 2 N–H and O–H groups in total. The molecule has 1 amide bonds. The number of nitrogens with one attached hydrogen (secondary N) is 1. The lowest BCUT2D eigenvalue weighted by atomic mass is 9.94. The molecule has 0 radical (unpaired) electrons. The van der Waals surface area contributed by atoms with Gasteiger partial charge in [0.2, 0.25) is 0 Å². The second-order valence-corrected chi connectivity index (χ2v) is 6.23. The van der Waals surface area contributed by atoms with Crippen LogP contribution in [0.3, 0.4) is 0 Å². The van der Waals surface area contributed by atoms with E-state index in [-0.39, 0.29) is 12.5 Å². The van der Waals surface area contributed by atoms with Crippen LogP contribution in [0.15, 0.2) is 24.3 Å². The Morgan fingerprint density at radius 1 is 1.50 bits per heavy atom. The molecule has 0 aliphatic carbocycles. The topological polar surface area (TPSA) is 58.6 Å². The van der Waals surface area contributed by atoms with Crippen molar-refractivity contribution in [2.45, 2.75) is 45.3 Å². The number of rotatable bonds is 5. The highest BCUT2D eigenvalue weighted by molar-refractivity contribution is 5.82. The molecule has 1 aliphatic heterocycles. The van der Waals surface area contributed by atoms with Crippen LogP contribution >= 0.6 is 0 Å². The average Bonchev–Trinajstić information content (AvgIpc) is 2.78. The Kier molecular flexibility index (Phi) is 4.33. The molecule has 0 spiro atoms. The lowest BCUT2D eigenvalue weighted by Gasteiger charge is -2.26. The molecule has 2 unspecified atom stereocenters. The van der Waals surface area contributed by atoms with Crippen LogP contribution in [0.1, 0.15) is 32.8 Å². The highest BCUT2D eigenvalue weighted by atomic mass is 16.5. The molecule has 110 valence electrons. The van der Waals surface area contributed by atoms with E-state index >= 15 is 0 Å². The van der Waals surface area contributed by atoms with Crippen LogP contribution in [-0.4, -0.2) is 29.3 Å². The fourth-order valence-electron chi connectivity index (χ4n) is 2.67. The van der Waals surface area contributed by atoms with Gasteiger partial charge in [0, 0.05) is 13.0 Å². The number of hydrogen-bond donors (Lipinski definition) is 2. The fraction of sp³-hybridized carbons (Fsp3) is 0.562. The zero-order valence-electron chi connectivity index (χ0n) is 12.3. The predicted molar refractivity (Wildman–Crippen MR) is 77.7 cm³/mol. The minimum atomic E-state index is -0.880. The van der Waals surface area contributed by atoms with Crippen molar-refractivity contribution in [3.05, 3.63) is 29.8 Å². The molecule has 1 aromatic rings. The van der Waals surface area contributed by atoms with Crippen molar-refractivity contribution in [1.29, 1.82) is 0 Å². The van der Waals surface area contributed by atoms with Gasteiger partial charge in [-0.25, -0.2) is 0 Å². The van der Waals surface area contributed by atoms with Gasteiger partial charge in [0.05, 0.1) is 5.60 Å². The number of para-hydroxylation sites is 1. The van der Waals surface area contributed by atoms with Crippen LogP contribution in [-0.2, 0) is 11.2 Å². The molecule has 2 atom stereocenters. The van der Waals surface area contributed by atoms with E-state index in [1.807, 2.05) is 38.1 Å². The van der Waals surface area contributed by atoms with Crippen LogP contribution in [0.25, 0.3) is 0 Å². The van der Waals surface area contributed by atoms with Gasteiger partial charge in [-0.1, -0.05) is 32.0 Å². The van der Waals surface area contributed by atoms with E-state index in [0.717, 1.165) is 11.3 Å². The zero-order valence-corrected chi connectivity index (χ0v) is 12.3. The third-order valence-corrected chi connectivity index (χ3v) is 3.43. The Labute approximate surface area is 120 Å². The highest BCUT2D eigenvalue weighted by Crippen LogP contribution is 2.28. The van der Waals surface area contributed by atoms with Crippen molar-refractivity contribution >= 4 is 5.91 Å². The highest BCUT2D eigenvalue weighted by Gasteiger charge is 2.30. The van der Waals surface area contributed by atoms with Crippen molar-refractivity contribution in [3.8, 4) is 5.75 Å². The Hall–Kier alpha value is -1.55. The summed E-state index contributed by atoms with van der Waals surface area (Å²) in [6.45, 7) is 6.10. The number of fused-ring (bicyclic) bond motifs is 1. The first-order valence-corrected chi connectivity index (χ1v) is 7.12. The molecule has 4 nitrogen and oxygen atoms in total. The SMILES string of the molecule is CC(C)CC(C)(O)CNC(=O)C1Cc2ccccc2O1. The summed E-state index contributed by atoms with van der Waals surface area (Å²) in [4.78, 5) is 12.1. The molecule has 1 heterocycles. The molecule has 0 fully saturated rings. The van der Waals surface area contributed by atoms with Crippen molar-refractivity contribution in [1.82, 2.24) is 5.32 Å². The van der Waals surface area contributed by atoms with Crippen LogP contribution in [0.2, 0.25) is 0 Å². The molecule has 1 aromatic carbocycles. The first-order chi connectivity index (χ1) is 9.37. The summed E-state index contributed by atoms with van der Waals surface area (Å²) in [5.41, 5.74) is 0.177. The van der Waals surface area contributed by atoms with Crippen LogP contribution in [0.4, 0.5) is 0 Å². The molecule has 1 aliphatic rings. The van der Waals surface area contributed by atoms with Gasteiger partial charge in [-0.3, -0.25) is 4.79 Å². The van der Waals surface area contributed by atoms with Crippen molar-refractivity contribution in [2.75, 3.05) is 6.54 Å². The quantitative estimate of drug-likeness (QED) is 0.864. The predicted octanol–water partition coefficient (Wildman–Crippen LogP) is 1.90. The maximum atomic E-state index is 12.1. The lowest BCUT2D eigenvalue weighted by molar-refractivity contribution is -0.128. The van der Waals surface area contributed by atoms with E-state index in [9.17, 15) is 9.90 Å². The molecule has 0 saturated carbocycles. The van der Waals surface area contributed by atoms with Crippen LogP contribution in [0.5, 0.6) is 5.75 Å². The summed E-state index contributed by atoms with van der Waals surface area (Å²) in [5, 5.41) is 13.0. The summed E-state index contributed by atoms with van der Waals surface area (Å²) in [6, 6.07) is 7.68. The third-order valence-electron chi connectivity index (χ3n) is 3.43. The molecule has 4 heteroatoms. The minimum absolute atomic E-state index is 0.162. The van der Waals surface area contributed by atoms with Crippen molar-refractivity contribution in [3.63, 3.8) is 0 Å². The van der Waals surface area contributed by atoms with Gasteiger partial charge >= 0.3 is 0 Å². The van der Waals surface area contributed by atoms with E-state index in [2.05, 4.69) is 5.32 Å². The van der Waals surface area contributed by atoms with E-state index in [1.165, 1.54) is 0 Å². The maximum absolute atomic E-state index is 12.1. The Bertz CT molecular complexity index is 457. The van der Waals surface area contributed by atoms with Gasteiger partial charge in [-0.15, -0.1) is 0 Å². The van der Waals surface area contributed by atoms with Gasteiger partial charge in [0.1, 0.15) is 5.75 Å². The third kappa shape index (κ3) is 3.73. The molecule has 20 heavy (non-hydrogen) atoms. The summed E-state index contributed by atoms with van der Waals surface area (Å²) in [5.74, 6) is 1.00. The molecular weight excluding hydrogens is 254 g/mol. The number of carbonyl (C=O) groups is 1. The Morgan fingerprint density at radius 3 is 2.85 bits per heavy atom. The zero-order chi connectivity index (χ0) is 14.8. The smallest absolute Gasteiger partial charge is 0.261 e. The van der Waals surface area contributed by atoms with Crippen LogP contribution < -0.4 is 10.1 Å². The standard InChI is InChI=1S/C16H23NO3/c1-11(2)9-16(3,19)10-17-15(18)14-8-12-6-4-5-7-13(12)20-14/h4-7,11,14,19H,8-10H2,1-3H3,(H,17,18). The van der Waals surface area contributed by atoms with E-state index in [0.29, 0.717) is 18.8 Å². The summed E-state index contributed by atoms with van der Waals surface area (Å²) >= 11 is 0. The minimum Gasteiger partial charge on any atom is -0.480 e. The number of carbonyl (C=O) groups excluding carboxylic acids is 1. The Balaban J connectivity index is 1.85. The van der Waals surface area contributed by atoms with Gasteiger partial charge in [0.25, 0.3) is 5.91 Å². The van der Waals surface area contributed by atoms with E-state index in [4.69, 9.17) is 4.74 Å². The molecule has 0 bridgehead atoms. The number of ether oxygens (including phenoxy) is 1. The second-order valence-electron chi connectivity index (χ2n) is 6.23. The number of aliphatic hydroxyl groups is 1. The largest absolute Gasteiger partial charge is 0.480 e. The first kappa shape index (κ1) is 14.9. The van der Waals surface area contributed by atoms with Crippen molar-refractivity contribution < 1.29 is 14.6 Å².